The molecule has 3 rings (SSSR count). The molecule has 2 heterocycles. The second-order valence-electron chi connectivity index (χ2n) is 6.27. The predicted octanol–water partition coefficient (Wildman–Crippen LogP) is 2.00. The lowest BCUT2D eigenvalue weighted by Crippen LogP contribution is -2.09. The van der Waals surface area contributed by atoms with Crippen LogP contribution < -0.4 is 11.1 Å². The minimum absolute atomic E-state index is 0.0644. The van der Waals surface area contributed by atoms with Crippen LogP contribution in [0.15, 0.2) is 24.3 Å². The van der Waals surface area contributed by atoms with Crippen LogP contribution in [0.2, 0.25) is 0 Å². The smallest absolute Gasteiger partial charge is 0.307 e. The molecule has 0 spiro atoms. The molecule has 0 aliphatic rings. The molecule has 0 unspecified atom stereocenters. The number of benzene rings is 1. The van der Waals surface area contributed by atoms with Gasteiger partial charge in [-0.05, 0) is 17.5 Å². The van der Waals surface area contributed by atoms with Crippen LogP contribution in [0.3, 0.4) is 0 Å². The first-order valence-corrected chi connectivity index (χ1v) is 8.74. The highest BCUT2D eigenvalue weighted by atomic mass is 16.4. The van der Waals surface area contributed by atoms with Gasteiger partial charge in [-0.15, -0.1) is 0 Å². The van der Waals surface area contributed by atoms with Crippen LogP contribution in [0.1, 0.15) is 30.9 Å². The first-order chi connectivity index (χ1) is 13.0. The summed E-state index contributed by atoms with van der Waals surface area (Å²) in [6, 6.07) is 6.94. The lowest BCUT2D eigenvalue weighted by atomic mass is 10.1. The van der Waals surface area contributed by atoms with Crippen molar-refractivity contribution < 1.29 is 15.0 Å². The van der Waals surface area contributed by atoms with Crippen LogP contribution in [0.5, 0.6) is 6.01 Å². The number of hydrogen-bond acceptors (Lipinski definition) is 7. The van der Waals surface area contributed by atoms with E-state index in [0.29, 0.717) is 22.7 Å². The largest absolute Gasteiger partial charge is 0.481 e. The number of unbranched alkanes of at least 4 members (excludes halogenated alkanes) is 1. The molecule has 0 radical (unpaired) electrons. The number of carboxylic acids is 1. The first-order valence-electron chi connectivity index (χ1n) is 8.74. The third-order valence-electron chi connectivity index (χ3n) is 4.10. The van der Waals surface area contributed by atoms with Gasteiger partial charge in [0.15, 0.2) is 17.0 Å². The fourth-order valence-corrected chi connectivity index (χ4v) is 2.81. The van der Waals surface area contributed by atoms with Crippen LogP contribution in [-0.4, -0.2) is 42.2 Å². The second kappa shape index (κ2) is 7.90. The lowest BCUT2D eigenvalue weighted by molar-refractivity contribution is -0.136. The Labute approximate surface area is 155 Å². The number of aliphatic carboxylic acids is 1. The van der Waals surface area contributed by atoms with Crippen molar-refractivity contribution in [2.24, 2.45) is 0 Å². The van der Waals surface area contributed by atoms with E-state index >= 15 is 0 Å². The summed E-state index contributed by atoms with van der Waals surface area (Å²) in [4.78, 5) is 23.6. The fourth-order valence-electron chi connectivity index (χ4n) is 2.81. The Bertz CT molecular complexity index is 969. The molecular weight excluding hydrogens is 348 g/mol. The Balaban J connectivity index is 1.94. The van der Waals surface area contributed by atoms with E-state index in [1.54, 1.807) is 18.2 Å². The Hall–Kier alpha value is -3.36. The van der Waals surface area contributed by atoms with Crippen molar-refractivity contribution in [1.29, 1.82) is 0 Å². The molecule has 0 amide bonds. The Morgan fingerprint density at radius 1 is 1.26 bits per heavy atom. The summed E-state index contributed by atoms with van der Waals surface area (Å²) < 4.78 is 1.53. The fraction of sp³-hybridized carbons (Fsp3) is 0.333. The maximum atomic E-state index is 10.9. The van der Waals surface area contributed by atoms with E-state index in [0.717, 1.165) is 24.9 Å². The van der Waals surface area contributed by atoms with E-state index in [1.165, 1.54) is 4.57 Å². The second-order valence-corrected chi connectivity index (χ2v) is 6.27. The number of anilines is 2. The molecule has 142 valence electrons. The van der Waals surface area contributed by atoms with Crippen molar-refractivity contribution in [3.05, 3.63) is 35.4 Å². The minimum Gasteiger partial charge on any atom is -0.481 e. The van der Waals surface area contributed by atoms with Crippen LogP contribution in [0, 0.1) is 0 Å². The van der Waals surface area contributed by atoms with Crippen molar-refractivity contribution in [2.75, 3.05) is 17.6 Å². The summed E-state index contributed by atoms with van der Waals surface area (Å²) in [7, 11) is 0. The van der Waals surface area contributed by atoms with Gasteiger partial charge in [-0.3, -0.25) is 9.36 Å². The number of fused-ring (bicyclic) bond motifs is 1. The highest BCUT2D eigenvalue weighted by Crippen LogP contribution is 2.25. The predicted molar refractivity (Wildman–Crippen MR) is 102 cm³/mol. The van der Waals surface area contributed by atoms with Crippen molar-refractivity contribution >= 4 is 28.9 Å². The average Bonchev–Trinajstić information content (AvgIpc) is 2.92. The molecular formula is C18H22N6O3. The number of aromatic nitrogens is 4. The van der Waals surface area contributed by atoms with Crippen LogP contribution in [0.25, 0.3) is 11.2 Å². The molecule has 0 atom stereocenters. The van der Waals surface area contributed by atoms with Gasteiger partial charge in [0.1, 0.15) is 0 Å². The van der Waals surface area contributed by atoms with E-state index in [2.05, 4.69) is 27.2 Å². The number of carbonyl (C=O) groups is 1. The maximum absolute atomic E-state index is 10.9. The van der Waals surface area contributed by atoms with Crippen LogP contribution in [-0.2, 0) is 17.8 Å². The van der Waals surface area contributed by atoms with E-state index in [1.807, 2.05) is 6.07 Å². The van der Waals surface area contributed by atoms with Crippen LogP contribution in [0.4, 0.5) is 11.8 Å². The maximum Gasteiger partial charge on any atom is 0.307 e. The van der Waals surface area contributed by atoms with Gasteiger partial charge in [0.05, 0.1) is 13.0 Å². The molecule has 3 aromatic rings. The van der Waals surface area contributed by atoms with Crippen molar-refractivity contribution in [3.63, 3.8) is 0 Å². The number of imidazole rings is 1. The van der Waals surface area contributed by atoms with E-state index in [4.69, 9.17) is 10.8 Å². The molecule has 1 aromatic carbocycles. The summed E-state index contributed by atoms with van der Waals surface area (Å²) in [5.41, 5.74) is 8.22. The van der Waals surface area contributed by atoms with Gasteiger partial charge in [0, 0.05) is 6.54 Å². The molecule has 9 nitrogen and oxygen atoms in total. The number of aromatic hydroxyl groups is 1. The number of nitrogens with two attached hydrogens (primary N) is 1. The Morgan fingerprint density at radius 2 is 2.04 bits per heavy atom. The van der Waals surface area contributed by atoms with E-state index < -0.39 is 5.97 Å². The Kier molecular flexibility index (Phi) is 5.39. The summed E-state index contributed by atoms with van der Waals surface area (Å²) in [6.45, 7) is 3.09. The molecule has 0 aliphatic heterocycles. The molecule has 9 heteroatoms. The van der Waals surface area contributed by atoms with Gasteiger partial charge in [0.2, 0.25) is 5.95 Å². The highest BCUT2D eigenvalue weighted by Gasteiger charge is 2.16. The standard InChI is InChI=1S/C18H22N6O3/c1-2-3-7-20-17-22-15(19)14-16(23-17)24(18(27)21-14)10-12-6-4-5-11(8-12)9-13(25)26/h4-6,8H,2-3,7,9-10H2,1H3,(H,21,27)(H,25,26)(H3,19,20,22,23). The van der Waals surface area contributed by atoms with Gasteiger partial charge in [0.25, 0.3) is 6.01 Å². The molecule has 0 saturated heterocycles. The number of rotatable bonds is 8. The molecule has 5 N–H and O–H groups in total. The van der Waals surface area contributed by atoms with E-state index in [9.17, 15) is 9.90 Å². The topological polar surface area (TPSA) is 139 Å². The molecule has 0 fully saturated rings. The van der Waals surface area contributed by atoms with Crippen molar-refractivity contribution in [1.82, 2.24) is 19.5 Å². The molecule has 27 heavy (non-hydrogen) atoms. The third-order valence-corrected chi connectivity index (χ3v) is 4.10. The van der Waals surface area contributed by atoms with Crippen molar-refractivity contribution in [2.45, 2.75) is 32.7 Å². The third kappa shape index (κ3) is 4.25. The summed E-state index contributed by atoms with van der Waals surface area (Å²) in [5, 5.41) is 22.3. The van der Waals surface area contributed by atoms with E-state index in [-0.39, 0.29) is 24.8 Å². The number of nitrogen functional groups attached to an aromatic ring is 1. The van der Waals surface area contributed by atoms with Gasteiger partial charge in [-0.25, -0.2) is 0 Å². The number of nitrogens with one attached hydrogen (secondary N) is 1. The van der Waals surface area contributed by atoms with Gasteiger partial charge in [-0.2, -0.15) is 15.0 Å². The summed E-state index contributed by atoms with van der Waals surface area (Å²) in [6.07, 6.45) is 1.95. The monoisotopic (exact) mass is 370 g/mol. The van der Waals surface area contributed by atoms with Crippen molar-refractivity contribution in [3.8, 4) is 6.01 Å². The normalized spacial score (nSPS) is 11.0. The van der Waals surface area contributed by atoms with Gasteiger partial charge >= 0.3 is 5.97 Å². The zero-order valence-electron chi connectivity index (χ0n) is 15.0. The summed E-state index contributed by atoms with van der Waals surface area (Å²) >= 11 is 0. The van der Waals surface area contributed by atoms with Crippen LogP contribution >= 0.6 is 0 Å². The molecule has 0 bridgehead atoms. The SMILES string of the molecule is CCCCNc1nc(N)c2nc(O)n(Cc3cccc(CC(=O)O)c3)c2n1. The average molecular weight is 370 g/mol. The number of nitrogens with zero attached hydrogens (tertiary/aromatic N) is 4. The highest BCUT2D eigenvalue weighted by molar-refractivity contribution is 5.84. The zero-order chi connectivity index (χ0) is 19.4. The van der Waals surface area contributed by atoms with Gasteiger partial charge in [-0.1, -0.05) is 37.6 Å². The minimum atomic E-state index is -0.897. The molecule has 0 aliphatic carbocycles. The molecule has 0 saturated carbocycles. The number of carboxylic acid groups (broad SMARTS) is 1. The summed E-state index contributed by atoms with van der Waals surface area (Å²) in [5.74, 6) is -0.326. The Morgan fingerprint density at radius 3 is 2.78 bits per heavy atom. The quantitative estimate of drug-likeness (QED) is 0.442. The van der Waals surface area contributed by atoms with Gasteiger partial charge < -0.3 is 21.3 Å². The lowest BCUT2D eigenvalue weighted by Gasteiger charge is -2.09. The molecule has 2 aromatic heterocycles. The zero-order valence-corrected chi connectivity index (χ0v) is 15.0. The number of hydrogen-bond donors (Lipinski definition) is 4. The first kappa shape index (κ1) is 18.4.